The van der Waals surface area contributed by atoms with Crippen LogP contribution in [0.3, 0.4) is 0 Å². The van der Waals surface area contributed by atoms with E-state index in [1.165, 1.54) is 12.3 Å². The lowest BCUT2D eigenvalue weighted by Crippen LogP contribution is -2.21. The van der Waals surface area contributed by atoms with Gasteiger partial charge in [0.2, 0.25) is 5.88 Å². The molecule has 21 heavy (non-hydrogen) atoms. The van der Waals surface area contributed by atoms with Gasteiger partial charge in [0.1, 0.15) is 6.61 Å². The number of benzene rings is 1. The van der Waals surface area contributed by atoms with E-state index in [-0.39, 0.29) is 18.1 Å². The molecule has 3 N–H and O–H groups in total. The molecule has 1 amide bonds. The number of aromatic nitrogens is 2. The van der Waals surface area contributed by atoms with Crippen molar-refractivity contribution in [3.05, 3.63) is 47.2 Å². The fourth-order valence-corrected chi connectivity index (χ4v) is 1.79. The van der Waals surface area contributed by atoms with Crippen LogP contribution in [0.15, 0.2) is 30.5 Å². The summed E-state index contributed by atoms with van der Waals surface area (Å²) in [6.45, 7) is 1.70. The van der Waals surface area contributed by atoms with Crippen molar-refractivity contribution in [2.45, 2.75) is 13.5 Å². The molecule has 2 aromatic rings. The lowest BCUT2D eigenvalue weighted by molar-refractivity contribution is 0.0703. The second-order valence-corrected chi connectivity index (χ2v) is 4.01. The summed E-state index contributed by atoms with van der Waals surface area (Å²) in [5, 5.41) is 21.5. The van der Waals surface area contributed by atoms with E-state index in [2.05, 4.69) is 16.9 Å². The molecular weight excluding hydrogens is 274 g/mol. The lowest BCUT2D eigenvalue weighted by Gasteiger charge is -2.10. The third kappa shape index (κ3) is 3.32. The molecular formula is C14H13N3O4. The van der Waals surface area contributed by atoms with E-state index in [9.17, 15) is 4.79 Å². The standard InChI is InChI=1S/C14H13N3O4/c1-2-4-10-5-3-6-11(14(18)16-19)12(10)9-21-13-7-8-17(20)15-13/h3,5-8,19-20H,9H2,1H3,(H,16,18). The number of carbonyl (C=O) groups excluding carboxylic acids is 1. The van der Waals surface area contributed by atoms with Gasteiger partial charge in [-0.25, -0.2) is 5.48 Å². The Kier molecular flexibility index (Phi) is 4.43. The summed E-state index contributed by atoms with van der Waals surface area (Å²) in [5.41, 5.74) is 2.97. The van der Waals surface area contributed by atoms with Crippen LogP contribution in [0.2, 0.25) is 0 Å². The highest BCUT2D eigenvalue weighted by molar-refractivity contribution is 5.95. The normalized spacial score (nSPS) is 9.62. The molecule has 0 bridgehead atoms. The van der Waals surface area contributed by atoms with Crippen molar-refractivity contribution in [2.24, 2.45) is 0 Å². The summed E-state index contributed by atoms with van der Waals surface area (Å²) in [5.74, 6) is 5.17. The zero-order chi connectivity index (χ0) is 15.2. The second-order valence-electron chi connectivity index (χ2n) is 4.01. The smallest absolute Gasteiger partial charge is 0.275 e. The summed E-state index contributed by atoms with van der Waals surface area (Å²) in [6.07, 6.45) is 1.31. The average molecular weight is 287 g/mol. The number of ether oxygens (including phenoxy) is 1. The van der Waals surface area contributed by atoms with Crippen LogP contribution in [0.4, 0.5) is 0 Å². The molecule has 7 nitrogen and oxygen atoms in total. The minimum Gasteiger partial charge on any atom is -0.472 e. The number of rotatable bonds is 4. The molecule has 0 aliphatic heterocycles. The van der Waals surface area contributed by atoms with E-state index in [1.807, 2.05) is 0 Å². The number of hydrogen-bond acceptors (Lipinski definition) is 5. The van der Waals surface area contributed by atoms with Crippen molar-refractivity contribution in [1.29, 1.82) is 0 Å². The van der Waals surface area contributed by atoms with Crippen LogP contribution < -0.4 is 10.2 Å². The van der Waals surface area contributed by atoms with Crippen LogP contribution >= 0.6 is 0 Å². The molecule has 0 fully saturated rings. The maximum absolute atomic E-state index is 11.7. The molecule has 0 aliphatic rings. The Bertz CT molecular complexity index is 712. The molecule has 108 valence electrons. The molecule has 0 saturated heterocycles. The number of hydroxylamine groups is 1. The Balaban J connectivity index is 2.33. The number of carbonyl (C=O) groups is 1. The Morgan fingerprint density at radius 3 is 2.90 bits per heavy atom. The molecule has 1 heterocycles. The second kappa shape index (κ2) is 6.45. The maximum Gasteiger partial charge on any atom is 0.275 e. The summed E-state index contributed by atoms with van der Waals surface area (Å²) < 4.78 is 5.41. The van der Waals surface area contributed by atoms with Gasteiger partial charge in [0.15, 0.2) is 0 Å². The van der Waals surface area contributed by atoms with Crippen molar-refractivity contribution in [1.82, 2.24) is 15.4 Å². The van der Waals surface area contributed by atoms with Crippen molar-refractivity contribution in [3.63, 3.8) is 0 Å². The Morgan fingerprint density at radius 1 is 1.48 bits per heavy atom. The number of hydrogen-bond donors (Lipinski definition) is 3. The summed E-state index contributed by atoms with van der Waals surface area (Å²) in [6, 6.07) is 6.43. The average Bonchev–Trinajstić information content (AvgIpc) is 2.91. The molecule has 1 aromatic heterocycles. The van der Waals surface area contributed by atoms with Crippen molar-refractivity contribution >= 4 is 5.91 Å². The van der Waals surface area contributed by atoms with Crippen molar-refractivity contribution < 1.29 is 19.9 Å². The van der Waals surface area contributed by atoms with Crippen LogP contribution in [-0.4, -0.2) is 26.3 Å². The van der Waals surface area contributed by atoms with E-state index in [0.717, 1.165) is 0 Å². The van der Waals surface area contributed by atoms with E-state index >= 15 is 0 Å². The first-order valence-electron chi connectivity index (χ1n) is 6.02. The Hall–Kier alpha value is -2.98. The molecule has 0 saturated carbocycles. The number of amides is 1. The predicted molar refractivity (Wildman–Crippen MR) is 72.0 cm³/mol. The Morgan fingerprint density at radius 2 is 2.29 bits per heavy atom. The van der Waals surface area contributed by atoms with Crippen LogP contribution in [0, 0.1) is 11.8 Å². The highest BCUT2D eigenvalue weighted by Gasteiger charge is 2.14. The highest BCUT2D eigenvalue weighted by Crippen LogP contribution is 2.17. The van der Waals surface area contributed by atoms with Crippen molar-refractivity contribution in [3.8, 4) is 17.7 Å². The van der Waals surface area contributed by atoms with E-state index < -0.39 is 5.91 Å². The minimum absolute atomic E-state index is 0.0185. The fourth-order valence-electron chi connectivity index (χ4n) is 1.79. The maximum atomic E-state index is 11.7. The van der Waals surface area contributed by atoms with Gasteiger partial charge in [-0.15, -0.1) is 10.8 Å². The quantitative estimate of drug-likeness (QED) is 0.340. The van der Waals surface area contributed by atoms with Gasteiger partial charge in [0, 0.05) is 22.8 Å². The van der Waals surface area contributed by atoms with Gasteiger partial charge in [-0.1, -0.05) is 17.1 Å². The number of nitrogens with zero attached hydrogens (tertiary/aromatic N) is 2. The first kappa shape index (κ1) is 14.4. The molecule has 1 aromatic carbocycles. The third-order valence-corrected chi connectivity index (χ3v) is 2.70. The Labute approximate surface area is 120 Å². The van der Waals surface area contributed by atoms with Crippen LogP contribution in [0.1, 0.15) is 28.4 Å². The van der Waals surface area contributed by atoms with Crippen LogP contribution in [0.25, 0.3) is 0 Å². The van der Waals surface area contributed by atoms with E-state index in [1.54, 1.807) is 30.6 Å². The molecule has 0 aliphatic carbocycles. The zero-order valence-electron chi connectivity index (χ0n) is 11.2. The van der Waals surface area contributed by atoms with Gasteiger partial charge in [-0.05, 0) is 19.1 Å². The van der Waals surface area contributed by atoms with E-state index in [0.29, 0.717) is 16.0 Å². The first-order chi connectivity index (χ1) is 10.2. The fraction of sp³-hybridized carbons (Fsp3) is 0.143. The largest absolute Gasteiger partial charge is 0.472 e. The van der Waals surface area contributed by atoms with Crippen LogP contribution in [0.5, 0.6) is 5.88 Å². The zero-order valence-corrected chi connectivity index (χ0v) is 11.2. The number of nitrogens with one attached hydrogen (secondary N) is 1. The predicted octanol–water partition coefficient (Wildman–Crippen LogP) is 1.19. The molecule has 0 unspecified atom stereocenters. The summed E-state index contributed by atoms with van der Waals surface area (Å²) >= 11 is 0. The topological polar surface area (TPSA) is 96.6 Å². The molecule has 0 radical (unpaired) electrons. The van der Waals surface area contributed by atoms with Gasteiger partial charge in [-0.3, -0.25) is 10.0 Å². The van der Waals surface area contributed by atoms with Crippen molar-refractivity contribution in [2.75, 3.05) is 0 Å². The highest BCUT2D eigenvalue weighted by atomic mass is 16.5. The molecule has 7 heteroatoms. The van der Waals surface area contributed by atoms with Gasteiger partial charge < -0.3 is 9.94 Å². The third-order valence-electron chi connectivity index (χ3n) is 2.70. The van der Waals surface area contributed by atoms with Gasteiger partial charge in [0.25, 0.3) is 5.91 Å². The SMILES string of the molecule is CC#Cc1cccc(C(=O)NO)c1COc1ccn(O)n1. The minimum atomic E-state index is -0.652. The first-order valence-corrected chi connectivity index (χ1v) is 6.02. The molecule has 0 spiro atoms. The van der Waals surface area contributed by atoms with Gasteiger partial charge in [-0.2, -0.15) is 0 Å². The monoisotopic (exact) mass is 287 g/mol. The molecule has 2 rings (SSSR count). The molecule has 0 atom stereocenters. The summed E-state index contributed by atoms with van der Waals surface area (Å²) in [4.78, 5) is 12.3. The lowest BCUT2D eigenvalue weighted by atomic mass is 10.0. The van der Waals surface area contributed by atoms with Crippen LogP contribution in [-0.2, 0) is 6.61 Å². The van der Waals surface area contributed by atoms with Gasteiger partial charge in [0.05, 0.1) is 6.20 Å². The van der Waals surface area contributed by atoms with Gasteiger partial charge >= 0.3 is 0 Å². The summed E-state index contributed by atoms with van der Waals surface area (Å²) in [7, 11) is 0. The van der Waals surface area contributed by atoms with E-state index in [4.69, 9.17) is 15.2 Å².